The van der Waals surface area contributed by atoms with Gasteiger partial charge >= 0.3 is 0 Å². The number of anilines is 3. The summed E-state index contributed by atoms with van der Waals surface area (Å²) in [6.07, 6.45) is 0. The summed E-state index contributed by atoms with van der Waals surface area (Å²) in [7, 11) is 0. The van der Waals surface area contributed by atoms with Gasteiger partial charge in [0.1, 0.15) is 0 Å². The van der Waals surface area contributed by atoms with Gasteiger partial charge in [0.05, 0.1) is 9.79 Å². The van der Waals surface area contributed by atoms with Crippen molar-refractivity contribution in [1.82, 2.24) is 0 Å². The van der Waals surface area contributed by atoms with Gasteiger partial charge in [0.2, 0.25) is 0 Å². The molecule has 0 saturated heterocycles. The first-order valence-electron chi connectivity index (χ1n) is 7.24. The Morgan fingerprint density at radius 1 is 0.704 bits per heavy atom. The third-order valence-corrected chi connectivity index (χ3v) is 5.28. The maximum absolute atomic E-state index is 11.3. The molecule has 0 heterocycles. The van der Waals surface area contributed by atoms with Gasteiger partial charge in [0.25, 0.3) is 0 Å². The molecule has 3 aromatic carbocycles. The van der Waals surface area contributed by atoms with Crippen molar-refractivity contribution in [3.8, 4) is 0 Å². The molecule has 9 N–H and O–H groups in total. The normalized spacial score (nSPS) is 12.9. The van der Waals surface area contributed by atoms with Gasteiger partial charge in [-0.1, -0.05) is 0 Å². The van der Waals surface area contributed by atoms with Crippen LogP contribution in [0.15, 0.2) is 63.2 Å². The molecule has 11 heteroatoms. The number of rotatable bonds is 3. The smallest absolute Gasteiger partial charge is 0.187 e. The summed E-state index contributed by atoms with van der Waals surface area (Å²) in [5, 5.41) is 0.600. The molecule has 0 aliphatic carbocycles. The molecule has 8 nitrogen and oxygen atoms in total. The molecule has 0 aliphatic rings. The fourth-order valence-corrected chi connectivity index (χ4v) is 3.82. The molecule has 0 bridgehead atoms. The van der Waals surface area contributed by atoms with E-state index in [-0.39, 0.29) is 15.5 Å². The van der Waals surface area contributed by atoms with Crippen LogP contribution < -0.4 is 17.2 Å². The summed E-state index contributed by atoms with van der Waals surface area (Å²) in [6.45, 7) is 0. The molecule has 0 saturated carbocycles. The van der Waals surface area contributed by atoms with Crippen molar-refractivity contribution in [3.05, 3.63) is 48.5 Å². The van der Waals surface area contributed by atoms with Gasteiger partial charge in [-0.25, -0.2) is 8.42 Å². The highest BCUT2D eigenvalue weighted by atomic mass is 32.2. The Labute approximate surface area is 164 Å². The van der Waals surface area contributed by atoms with Crippen molar-refractivity contribution in [2.45, 2.75) is 14.7 Å². The van der Waals surface area contributed by atoms with E-state index in [0.717, 1.165) is 11.4 Å². The van der Waals surface area contributed by atoms with Gasteiger partial charge in [-0.2, -0.15) is 0 Å². The first-order chi connectivity index (χ1) is 12.7. The zero-order valence-electron chi connectivity index (χ0n) is 13.7. The van der Waals surface area contributed by atoms with E-state index < -0.39 is 22.2 Å². The highest BCUT2D eigenvalue weighted by Gasteiger charge is 2.15. The van der Waals surface area contributed by atoms with Crippen molar-refractivity contribution in [2.75, 3.05) is 17.2 Å². The predicted octanol–water partition coefficient (Wildman–Crippen LogP) is 3.00. The number of nitrogen functional groups attached to an aromatic ring is 3. The van der Waals surface area contributed by atoms with E-state index in [2.05, 4.69) is 0 Å². The average molecular weight is 428 g/mol. The molecule has 2 unspecified atom stereocenters. The summed E-state index contributed by atoms with van der Waals surface area (Å²) in [5.74, 6) is 0. The van der Waals surface area contributed by atoms with Gasteiger partial charge in [-0.15, -0.1) is 0 Å². The molecule has 0 spiro atoms. The van der Waals surface area contributed by atoms with Crippen LogP contribution in [-0.4, -0.2) is 22.1 Å². The molecule has 144 valence electrons. The van der Waals surface area contributed by atoms with Crippen LogP contribution in [0.3, 0.4) is 0 Å². The number of fused-ring (bicyclic) bond motifs is 1. The number of hydrogen-bond acceptors (Lipinski definition) is 7. The topological polar surface area (TPSA) is 173 Å². The van der Waals surface area contributed by atoms with E-state index in [1.54, 1.807) is 24.3 Å². The lowest BCUT2D eigenvalue weighted by Gasteiger charge is -2.09. The summed E-state index contributed by atoms with van der Waals surface area (Å²) in [6, 6.07) is 12.6. The molecule has 0 aliphatic heterocycles. The first-order valence-corrected chi connectivity index (χ1v) is 10.2. The summed E-state index contributed by atoms with van der Waals surface area (Å²) in [5.41, 5.74) is 18.1. The minimum atomic E-state index is -2.31. The van der Waals surface area contributed by atoms with Crippen LogP contribution in [-0.2, 0) is 22.2 Å². The Bertz CT molecular complexity index is 991. The predicted molar refractivity (Wildman–Crippen MR) is 110 cm³/mol. The van der Waals surface area contributed by atoms with Crippen LogP contribution in [0.2, 0.25) is 0 Å². The number of nitrogens with two attached hydrogens (primary N) is 3. The minimum absolute atomic E-state index is 0.0213. The Hall–Kier alpha value is -2.15. The number of hydrogen-bond donors (Lipinski definition) is 6. The maximum Gasteiger partial charge on any atom is 0.187 e. The van der Waals surface area contributed by atoms with E-state index in [4.69, 9.17) is 21.8 Å². The Morgan fingerprint density at radius 3 is 1.59 bits per heavy atom. The van der Waals surface area contributed by atoms with Crippen molar-refractivity contribution >= 4 is 62.0 Å². The van der Waals surface area contributed by atoms with E-state index in [1.165, 1.54) is 24.3 Å². The number of benzene rings is 3. The third-order valence-electron chi connectivity index (χ3n) is 3.41. The minimum Gasteiger partial charge on any atom is -0.399 e. The second-order valence-electron chi connectivity index (χ2n) is 5.29. The lowest BCUT2D eigenvalue weighted by molar-refractivity contribution is 0.563. The molecule has 3 aromatic rings. The molecular weight excluding hydrogens is 410 g/mol. The van der Waals surface area contributed by atoms with Crippen LogP contribution in [0.1, 0.15) is 0 Å². The SMILES string of the molecule is Nc1cc(S(=O)O)c2cc(SO)cc(S(=O)O)c2c1.Nc1ccc(N)cc1. The summed E-state index contributed by atoms with van der Waals surface area (Å²) >= 11 is -4.22. The van der Waals surface area contributed by atoms with Gasteiger partial charge in [-0.3, -0.25) is 0 Å². The third kappa shape index (κ3) is 5.42. The molecule has 0 aromatic heterocycles. The highest BCUT2D eigenvalue weighted by molar-refractivity contribution is 7.93. The van der Waals surface area contributed by atoms with Gasteiger partial charge < -0.3 is 30.9 Å². The van der Waals surface area contributed by atoms with Crippen molar-refractivity contribution in [2.24, 2.45) is 0 Å². The van der Waals surface area contributed by atoms with Crippen molar-refractivity contribution in [3.63, 3.8) is 0 Å². The lowest BCUT2D eigenvalue weighted by Crippen LogP contribution is -1.98. The van der Waals surface area contributed by atoms with Crippen molar-refractivity contribution < 1.29 is 22.1 Å². The van der Waals surface area contributed by atoms with Gasteiger partial charge in [0.15, 0.2) is 22.2 Å². The van der Waals surface area contributed by atoms with E-state index >= 15 is 0 Å². The van der Waals surface area contributed by atoms with E-state index in [0.29, 0.717) is 27.7 Å². The molecule has 3 rings (SSSR count). The fourth-order valence-electron chi connectivity index (χ4n) is 2.23. The standard InChI is InChI=1S/C10H9NO5S3.C6H8N2/c11-5-1-7-8(9(2-5)18(13)14)3-6(17-12)4-10(7)19(15)16;7-5-1-2-6(8)4-3-5/h1-4,12H,11H2,(H,13,14)(H,15,16);1-4H,7-8H2. The zero-order chi connectivity index (χ0) is 20.1. The molecule has 2 atom stereocenters. The summed E-state index contributed by atoms with van der Waals surface area (Å²) < 4.78 is 50.2. The van der Waals surface area contributed by atoms with Gasteiger partial charge in [0, 0.05) is 44.8 Å². The second kappa shape index (κ2) is 9.17. The zero-order valence-corrected chi connectivity index (χ0v) is 16.2. The fraction of sp³-hybridized carbons (Fsp3) is 0. The maximum atomic E-state index is 11.3. The second-order valence-corrected chi connectivity index (χ2v) is 7.82. The van der Waals surface area contributed by atoms with Crippen LogP contribution in [0.4, 0.5) is 17.1 Å². The molecule has 0 amide bonds. The van der Waals surface area contributed by atoms with E-state index in [9.17, 15) is 17.5 Å². The Morgan fingerprint density at radius 2 is 1.15 bits per heavy atom. The molecule has 0 fully saturated rings. The quantitative estimate of drug-likeness (QED) is 0.209. The molecule has 27 heavy (non-hydrogen) atoms. The van der Waals surface area contributed by atoms with Crippen molar-refractivity contribution in [1.29, 1.82) is 0 Å². The average Bonchev–Trinajstić information content (AvgIpc) is 2.63. The summed E-state index contributed by atoms with van der Waals surface area (Å²) in [4.78, 5) is 0.340. The van der Waals surface area contributed by atoms with Crippen LogP contribution >= 0.6 is 12.0 Å². The van der Waals surface area contributed by atoms with Crippen LogP contribution in [0, 0.1) is 0 Å². The lowest BCUT2D eigenvalue weighted by atomic mass is 10.1. The van der Waals surface area contributed by atoms with E-state index in [1.807, 2.05) is 0 Å². The molecule has 0 radical (unpaired) electrons. The van der Waals surface area contributed by atoms with Gasteiger partial charge in [-0.05, 0) is 48.5 Å². The first kappa shape index (κ1) is 21.2. The van der Waals surface area contributed by atoms with Crippen LogP contribution in [0.5, 0.6) is 0 Å². The molecular formula is C16H17N3O5S3. The Balaban J connectivity index is 0.000000273. The highest BCUT2D eigenvalue weighted by Crippen LogP contribution is 2.33. The Kier molecular flexibility index (Phi) is 7.18. The monoisotopic (exact) mass is 427 g/mol. The van der Waals surface area contributed by atoms with Crippen LogP contribution in [0.25, 0.3) is 10.8 Å². The largest absolute Gasteiger partial charge is 0.399 e.